The molecule has 1 aromatic heterocycles. The lowest BCUT2D eigenvalue weighted by atomic mass is 10.2. The van der Waals surface area contributed by atoms with E-state index in [0.29, 0.717) is 27.5 Å². The molecule has 3 rings (SSSR count). The summed E-state index contributed by atoms with van der Waals surface area (Å²) in [6.07, 6.45) is 4.53. The number of nitrogens with zero attached hydrogens (tertiary/aromatic N) is 4. The molecule has 116 valence electrons. The molecule has 8 heteroatoms. The van der Waals surface area contributed by atoms with Crippen molar-refractivity contribution in [2.45, 2.75) is 38.3 Å². The Kier molecular flexibility index (Phi) is 4.59. The van der Waals surface area contributed by atoms with Gasteiger partial charge in [-0.1, -0.05) is 36.0 Å². The highest BCUT2D eigenvalue weighted by molar-refractivity contribution is 6.35. The monoisotopic (exact) mass is 339 g/mol. The molecule has 1 aliphatic carbocycles. The minimum absolute atomic E-state index is 0.255. The van der Waals surface area contributed by atoms with Crippen molar-refractivity contribution in [3.8, 4) is 0 Å². The summed E-state index contributed by atoms with van der Waals surface area (Å²) in [6.45, 7) is 0.255. The molecule has 1 aromatic carbocycles. The van der Waals surface area contributed by atoms with Crippen molar-refractivity contribution >= 4 is 29.1 Å². The first-order chi connectivity index (χ1) is 10.6. The van der Waals surface area contributed by atoms with Gasteiger partial charge in [0.05, 0.1) is 23.2 Å². The summed E-state index contributed by atoms with van der Waals surface area (Å²) in [4.78, 5) is 12.2. The second-order valence-corrected chi connectivity index (χ2v) is 6.13. The van der Waals surface area contributed by atoms with Crippen molar-refractivity contribution in [3.63, 3.8) is 0 Å². The van der Waals surface area contributed by atoms with Crippen LogP contribution in [-0.2, 0) is 6.54 Å². The van der Waals surface area contributed by atoms with E-state index >= 15 is 0 Å². The molecule has 2 aromatic rings. The largest absolute Gasteiger partial charge is 0.345 e. The number of halogens is 2. The van der Waals surface area contributed by atoms with Crippen LogP contribution < -0.4 is 5.32 Å². The fourth-order valence-corrected chi connectivity index (χ4v) is 3.06. The van der Waals surface area contributed by atoms with Crippen molar-refractivity contribution in [2.75, 3.05) is 0 Å². The topological polar surface area (TPSA) is 72.7 Å². The zero-order chi connectivity index (χ0) is 15.5. The number of aromatic nitrogens is 4. The van der Waals surface area contributed by atoms with Gasteiger partial charge in [0, 0.05) is 5.02 Å². The van der Waals surface area contributed by atoms with E-state index in [1.807, 2.05) is 4.68 Å². The third-order valence-electron chi connectivity index (χ3n) is 3.81. The average Bonchev–Trinajstić information content (AvgIpc) is 3.17. The van der Waals surface area contributed by atoms with Gasteiger partial charge in [-0.25, -0.2) is 4.68 Å². The Labute approximate surface area is 137 Å². The van der Waals surface area contributed by atoms with Gasteiger partial charge >= 0.3 is 0 Å². The smallest absolute Gasteiger partial charge is 0.253 e. The summed E-state index contributed by atoms with van der Waals surface area (Å²) in [5.74, 6) is 0.354. The molecule has 22 heavy (non-hydrogen) atoms. The van der Waals surface area contributed by atoms with E-state index in [9.17, 15) is 4.79 Å². The van der Waals surface area contributed by atoms with Gasteiger partial charge in [-0.05, 0) is 41.5 Å². The van der Waals surface area contributed by atoms with Gasteiger partial charge in [-0.3, -0.25) is 4.79 Å². The van der Waals surface area contributed by atoms with Crippen molar-refractivity contribution in [2.24, 2.45) is 0 Å². The Morgan fingerprint density at radius 2 is 2.09 bits per heavy atom. The molecule has 1 heterocycles. The maximum absolute atomic E-state index is 12.2. The number of tetrazole rings is 1. The minimum Gasteiger partial charge on any atom is -0.345 e. The van der Waals surface area contributed by atoms with Gasteiger partial charge in [-0.2, -0.15) is 0 Å². The van der Waals surface area contributed by atoms with E-state index in [1.54, 1.807) is 18.2 Å². The Hall–Kier alpha value is -1.66. The van der Waals surface area contributed by atoms with Crippen LogP contribution in [0.4, 0.5) is 0 Å². The van der Waals surface area contributed by atoms with Crippen LogP contribution in [0.3, 0.4) is 0 Å². The first-order valence-electron chi connectivity index (χ1n) is 7.15. The van der Waals surface area contributed by atoms with Crippen LogP contribution in [0.5, 0.6) is 0 Å². The summed E-state index contributed by atoms with van der Waals surface area (Å²) in [6, 6.07) is 5.11. The molecule has 0 bridgehead atoms. The lowest BCUT2D eigenvalue weighted by Crippen LogP contribution is -2.26. The van der Waals surface area contributed by atoms with E-state index < -0.39 is 0 Å². The lowest BCUT2D eigenvalue weighted by molar-refractivity contribution is 0.0949. The fourth-order valence-electron chi connectivity index (χ4n) is 2.69. The Morgan fingerprint density at radius 1 is 1.32 bits per heavy atom. The lowest BCUT2D eigenvalue weighted by Gasteiger charge is -2.12. The normalized spacial score (nSPS) is 15.2. The van der Waals surface area contributed by atoms with Gasteiger partial charge in [0.25, 0.3) is 5.91 Å². The highest BCUT2D eigenvalue weighted by Gasteiger charge is 2.21. The predicted molar refractivity (Wildman–Crippen MR) is 83.0 cm³/mol. The van der Waals surface area contributed by atoms with E-state index in [0.717, 1.165) is 12.8 Å². The summed E-state index contributed by atoms with van der Waals surface area (Å²) in [5.41, 5.74) is 0.342. The molecule has 0 radical (unpaired) electrons. The number of benzene rings is 1. The molecule has 0 saturated heterocycles. The van der Waals surface area contributed by atoms with Gasteiger partial charge in [0.2, 0.25) is 0 Å². The van der Waals surface area contributed by atoms with Crippen molar-refractivity contribution in [1.82, 2.24) is 25.5 Å². The molecule has 0 atom stereocenters. The van der Waals surface area contributed by atoms with Crippen molar-refractivity contribution < 1.29 is 4.79 Å². The molecular weight excluding hydrogens is 325 g/mol. The van der Waals surface area contributed by atoms with E-state index in [2.05, 4.69) is 20.8 Å². The number of carbonyl (C=O) groups excluding carboxylic acids is 1. The standard InChI is InChI=1S/C14H15Cl2N5O/c15-9-5-6-12(16)11(7-9)14(22)17-8-13-18-19-20-21(13)10-3-1-2-4-10/h5-7,10H,1-4,8H2,(H,17,22). The number of nitrogens with one attached hydrogen (secondary N) is 1. The Balaban J connectivity index is 1.69. The van der Waals surface area contributed by atoms with Crippen LogP contribution in [0.2, 0.25) is 10.0 Å². The molecule has 0 unspecified atom stereocenters. The number of amides is 1. The van der Waals surface area contributed by atoms with Crippen LogP contribution in [0.1, 0.15) is 47.9 Å². The van der Waals surface area contributed by atoms with E-state index in [4.69, 9.17) is 23.2 Å². The van der Waals surface area contributed by atoms with Crippen LogP contribution in [0.15, 0.2) is 18.2 Å². The second kappa shape index (κ2) is 6.62. The Bertz CT molecular complexity index is 682. The second-order valence-electron chi connectivity index (χ2n) is 5.28. The van der Waals surface area contributed by atoms with E-state index in [1.165, 1.54) is 12.8 Å². The first-order valence-corrected chi connectivity index (χ1v) is 7.91. The van der Waals surface area contributed by atoms with Gasteiger partial charge in [0.15, 0.2) is 5.82 Å². The summed E-state index contributed by atoms with van der Waals surface area (Å²) in [5, 5.41) is 15.4. The molecule has 1 aliphatic rings. The maximum Gasteiger partial charge on any atom is 0.253 e. The van der Waals surface area contributed by atoms with Crippen LogP contribution in [0.25, 0.3) is 0 Å². The minimum atomic E-state index is -0.298. The quantitative estimate of drug-likeness (QED) is 0.929. The van der Waals surface area contributed by atoms with Crippen molar-refractivity contribution in [1.29, 1.82) is 0 Å². The Morgan fingerprint density at radius 3 is 2.86 bits per heavy atom. The third kappa shape index (κ3) is 3.23. The SMILES string of the molecule is O=C(NCc1nnnn1C1CCCC1)c1cc(Cl)ccc1Cl. The first kappa shape index (κ1) is 15.2. The highest BCUT2D eigenvalue weighted by atomic mass is 35.5. The molecule has 6 nitrogen and oxygen atoms in total. The van der Waals surface area contributed by atoms with Crippen LogP contribution in [0, 0.1) is 0 Å². The molecule has 1 fully saturated rings. The number of hydrogen-bond donors (Lipinski definition) is 1. The predicted octanol–water partition coefficient (Wildman–Crippen LogP) is 3.03. The molecule has 0 aliphatic heterocycles. The van der Waals surface area contributed by atoms with Crippen LogP contribution in [-0.4, -0.2) is 26.1 Å². The van der Waals surface area contributed by atoms with E-state index in [-0.39, 0.29) is 12.5 Å². The summed E-state index contributed by atoms with van der Waals surface area (Å²) in [7, 11) is 0. The molecule has 1 saturated carbocycles. The molecule has 1 N–H and O–H groups in total. The average molecular weight is 340 g/mol. The molecule has 1 amide bonds. The zero-order valence-electron chi connectivity index (χ0n) is 11.8. The fraction of sp³-hybridized carbons (Fsp3) is 0.429. The molecular formula is C14H15Cl2N5O. The van der Waals surface area contributed by atoms with Crippen molar-refractivity contribution in [3.05, 3.63) is 39.6 Å². The molecule has 0 spiro atoms. The zero-order valence-corrected chi connectivity index (χ0v) is 13.3. The maximum atomic E-state index is 12.2. The van der Waals surface area contributed by atoms with Gasteiger partial charge in [-0.15, -0.1) is 5.10 Å². The highest BCUT2D eigenvalue weighted by Crippen LogP contribution is 2.29. The third-order valence-corrected chi connectivity index (χ3v) is 4.38. The van der Waals surface area contributed by atoms with Gasteiger partial charge < -0.3 is 5.32 Å². The summed E-state index contributed by atoms with van der Waals surface area (Å²) >= 11 is 11.9. The summed E-state index contributed by atoms with van der Waals surface area (Å²) < 4.78 is 1.81. The van der Waals surface area contributed by atoms with Gasteiger partial charge in [0.1, 0.15) is 0 Å². The number of carbonyl (C=O) groups is 1. The number of hydrogen-bond acceptors (Lipinski definition) is 4. The number of rotatable bonds is 4. The van der Waals surface area contributed by atoms with Crippen LogP contribution >= 0.6 is 23.2 Å².